The molecule has 1 amide bonds. The molecule has 0 atom stereocenters. The minimum absolute atomic E-state index is 0.0430. The quantitative estimate of drug-likeness (QED) is 0.693. The highest BCUT2D eigenvalue weighted by Crippen LogP contribution is 2.45. The first-order valence-electron chi connectivity index (χ1n) is 6.18. The molecule has 3 heterocycles. The summed E-state index contributed by atoms with van der Waals surface area (Å²) in [6.07, 6.45) is 0. The van der Waals surface area contributed by atoms with Crippen LogP contribution in [0.1, 0.15) is 16.0 Å². The molecule has 2 aliphatic rings. The number of thiophene rings is 1. The Kier molecular flexibility index (Phi) is 2.46. The lowest BCUT2D eigenvalue weighted by atomic mass is 10.1. The molecule has 5 heteroatoms. The first kappa shape index (κ1) is 12.0. The van der Waals surface area contributed by atoms with Crippen LogP contribution >= 0.6 is 22.9 Å². The number of rotatable bonds is 0. The number of halogens is 1. The van der Waals surface area contributed by atoms with Crippen molar-refractivity contribution in [3.63, 3.8) is 0 Å². The SMILES string of the molecule is CN1C(=O)/C(=C2/OCc3ccsc32)c2cc(Cl)ccc21. The van der Waals surface area contributed by atoms with E-state index in [9.17, 15) is 4.79 Å². The molecule has 0 bridgehead atoms. The Morgan fingerprint density at radius 1 is 1.35 bits per heavy atom. The van der Waals surface area contributed by atoms with Crippen molar-refractivity contribution >= 4 is 45.9 Å². The average molecular weight is 304 g/mol. The summed E-state index contributed by atoms with van der Waals surface area (Å²) in [5, 5.41) is 2.64. The van der Waals surface area contributed by atoms with Crippen LogP contribution in [0.2, 0.25) is 5.02 Å². The Bertz CT molecular complexity index is 778. The molecule has 0 unspecified atom stereocenters. The van der Waals surface area contributed by atoms with E-state index in [1.165, 1.54) is 0 Å². The summed E-state index contributed by atoms with van der Waals surface area (Å²) in [5.41, 5.74) is 3.48. The number of carbonyl (C=O) groups excluding carboxylic acids is 1. The fraction of sp³-hybridized carbons (Fsp3) is 0.133. The highest BCUT2D eigenvalue weighted by molar-refractivity contribution is 7.11. The van der Waals surface area contributed by atoms with Crippen LogP contribution in [0, 0.1) is 0 Å². The van der Waals surface area contributed by atoms with Gasteiger partial charge in [0.05, 0.1) is 16.1 Å². The summed E-state index contributed by atoms with van der Waals surface area (Å²) in [7, 11) is 1.77. The predicted molar refractivity (Wildman–Crippen MR) is 80.8 cm³/mol. The van der Waals surface area contributed by atoms with Gasteiger partial charge in [0.15, 0.2) is 5.76 Å². The number of hydrogen-bond acceptors (Lipinski definition) is 3. The lowest BCUT2D eigenvalue weighted by Gasteiger charge is -2.08. The standard InChI is InChI=1S/C15H10ClNO2S/c1-17-11-3-2-9(16)6-10(11)12(15(17)18)13-14-8(7-19-13)4-5-20-14/h2-6H,7H2,1H3/b13-12+. The van der Waals surface area contributed by atoms with Crippen molar-refractivity contribution in [2.45, 2.75) is 6.61 Å². The van der Waals surface area contributed by atoms with Gasteiger partial charge in [0, 0.05) is 23.2 Å². The largest absolute Gasteiger partial charge is 0.486 e. The molecular weight excluding hydrogens is 294 g/mol. The first-order chi connectivity index (χ1) is 9.66. The number of carbonyl (C=O) groups is 1. The van der Waals surface area contributed by atoms with Gasteiger partial charge in [0.25, 0.3) is 5.91 Å². The van der Waals surface area contributed by atoms with Crippen LogP contribution < -0.4 is 4.90 Å². The molecular formula is C15H10ClNO2S. The minimum atomic E-state index is -0.0430. The Morgan fingerprint density at radius 3 is 3.05 bits per heavy atom. The van der Waals surface area contributed by atoms with Gasteiger partial charge in [-0.05, 0) is 29.6 Å². The Hall–Kier alpha value is -1.78. The lowest BCUT2D eigenvalue weighted by Crippen LogP contribution is -2.20. The maximum atomic E-state index is 12.5. The van der Waals surface area contributed by atoms with E-state index in [2.05, 4.69) is 0 Å². The van der Waals surface area contributed by atoms with E-state index in [-0.39, 0.29) is 5.91 Å². The van der Waals surface area contributed by atoms with E-state index in [0.717, 1.165) is 21.7 Å². The topological polar surface area (TPSA) is 29.5 Å². The molecule has 2 aliphatic heterocycles. The highest BCUT2D eigenvalue weighted by Gasteiger charge is 2.36. The van der Waals surface area contributed by atoms with Gasteiger partial charge in [0.1, 0.15) is 6.61 Å². The summed E-state index contributed by atoms with van der Waals surface area (Å²) in [4.78, 5) is 15.2. The fourth-order valence-electron chi connectivity index (χ4n) is 2.66. The van der Waals surface area contributed by atoms with Crippen LogP contribution in [0.3, 0.4) is 0 Å². The molecule has 100 valence electrons. The molecule has 0 fully saturated rings. The first-order valence-corrected chi connectivity index (χ1v) is 7.44. The molecule has 0 saturated heterocycles. The molecule has 20 heavy (non-hydrogen) atoms. The molecule has 3 nitrogen and oxygen atoms in total. The molecule has 0 saturated carbocycles. The molecule has 0 N–H and O–H groups in total. The van der Waals surface area contributed by atoms with Crippen molar-refractivity contribution < 1.29 is 9.53 Å². The smallest absolute Gasteiger partial charge is 0.262 e. The zero-order valence-corrected chi connectivity index (χ0v) is 12.2. The number of fused-ring (bicyclic) bond motifs is 2. The zero-order valence-electron chi connectivity index (χ0n) is 10.6. The molecule has 0 spiro atoms. The van der Waals surface area contributed by atoms with Crippen LogP contribution in [0.5, 0.6) is 0 Å². The summed E-state index contributed by atoms with van der Waals surface area (Å²) < 4.78 is 5.76. The second-order valence-corrected chi connectivity index (χ2v) is 6.15. The van der Waals surface area contributed by atoms with Crippen LogP contribution in [-0.2, 0) is 16.1 Å². The van der Waals surface area contributed by atoms with Gasteiger partial charge in [-0.3, -0.25) is 4.79 Å². The lowest BCUT2D eigenvalue weighted by molar-refractivity contribution is -0.112. The van der Waals surface area contributed by atoms with Gasteiger partial charge >= 0.3 is 0 Å². The minimum Gasteiger partial charge on any atom is -0.486 e. The van der Waals surface area contributed by atoms with Crippen molar-refractivity contribution in [2.24, 2.45) is 0 Å². The summed E-state index contributed by atoms with van der Waals surface area (Å²) >= 11 is 7.68. The Balaban J connectivity index is 2.01. The van der Waals surface area contributed by atoms with Crippen LogP contribution in [-0.4, -0.2) is 13.0 Å². The number of benzene rings is 1. The Labute approximate surface area is 125 Å². The molecule has 0 aliphatic carbocycles. The average Bonchev–Trinajstić information content (AvgIpc) is 3.07. The summed E-state index contributed by atoms with van der Waals surface area (Å²) in [6.45, 7) is 0.532. The number of anilines is 1. The number of amides is 1. The van der Waals surface area contributed by atoms with Crippen LogP contribution in [0.15, 0.2) is 29.6 Å². The fourth-order valence-corrected chi connectivity index (χ4v) is 3.75. The van der Waals surface area contributed by atoms with Gasteiger partial charge < -0.3 is 9.64 Å². The third kappa shape index (κ3) is 1.49. The van der Waals surface area contributed by atoms with Crippen molar-refractivity contribution in [1.82, 2.24) is 0 Å². The Morgan fingerprint density at radius 2 is 2.20 bits per heavy atom. The van der Waals surface area contributed by atoms with Gasteiger partial charge in [-0.2, -0.15) is 0 Å². The number of likely N-dealkylation sites (N-methyl/N-ethyl adjacent to an activating group) is 1. The van der Waals surface area contributed by atoms with Gasteiger partial charge in [0.2, 0.25) is 0 Å². The molecule has 0 radical (unpaired) electrons. The van der Waals surface area contributed by atoms with Crippen molar-refractivity contribution in [3.8, 4) is 0 Å². The molecule has 4 rings (SSSR count). The van der Waals surface area contributed by atoms with Crippen molar-refractivity contribution in [2.75, 3.05) is 11.9 Å². The number of ether oxygens (including phenoxy) is 1. The van der Waals surface area contributed by atoms with Gasteiger partial charge in [-0.1, -0.05) is 11.6 Å². The summed E-state index contributed by atoms with van der Waals surface area (Å²) in [5.74, 6) is 0.645. The molecule has 1 aromatic carbocycles. The van der Waals surface area contributed by atoms with Crippen LogP contribution in [0.25, 0.3) is 11.3 Å². The van der Waals surface area contributed by atoms with Crippen molar-refractivity contribution in [3.05, 3.63) is 50.7 Å². The maximum absolute atomic E-state index is 12.5. The number of hydrogen-bond donors (Lipinski definition) is 0. The van der Waals surface area contributed by atoms with Crippen LogP contribution in [0.4, 0.5) is 5.69 Å². The van der Waals surface area contributed by atoms with Gasteiger partial charge in [-0.25, -0.2) is 0 Å². The summed E-state index contributed by atoms with van der Waals surface area (Å²) in [6, 6.07) is 7.53. The zero-order chi connectivity index (χ0) is 13.9. The van der Waals surface area contributed by atoms with E-state index in [4.69, 9.17) is 16.3 Å². The third-order valence-corrected chi connectivity index (χ3v) is 4.85. The van der Waals surface area contributed by atoms with E-state index in [0.29, 0.717) is 23.0 Å². The second kappa shape index (κ2) is 4.11. The highest BCUT2D eigenvalue weighted by atomic mass is 35.5. The molecule has 2 aromatic rings. The normalized spacial score (nSPS) is 20.1. The van der Waals surface area contributed by atoms with Crippen molar-refractivity contribution in [1.29, 1.82) is 0 Å². The number of nitrogens with zero attached hydrogens (tertiary/aromatic N) is 1. The second-order valence-electron chi connectivity index (χ2n) is 4.79. The monoisotopic (exact) mass is 303 g/mol. The molecule has 1 aromatic heterocycles. The van der Waals surface area contributed by atoms with E-state index in [1.54, 1.807) is 29.4 Å². The van der Waals surface area contributed by atoms with E-state index in [1.807, 2.05) is 23.6 Å². The maximum Gasteiger partial charge on any atom is 0.262 e. The predicted octanol–water partition coefficient (Wildman–Crippen LogP) is 3.78. The third-order valence-electron chi connectivity index (χ3n) is 3.66. The van der Waals surface area contributed by atoms with E-state index < -0.39 is 0 Å². The van der Waals surface area contributed by atoms with Gasteiger partial charge in [-0.15, -0.1) is 11.3 Å². The van der Waals surface area contributed by atoms with E-state index >= 15 is 0 Å².